The number of phenolic OH excluding ortho intramolecular Hbond substituents is 1. The zero-order valence-corrected chi connectivity index (χ0v) is 16.5. The topological polar surface area (TPSA) is 87.4 Å². The predicted molar refractivity (Wildman–Crippen MR) is 116 cm³/mol. The van der Waals surface area contributed by atoms with Crippen LogP contribution in [0.3, 0.4) is 0 Å². The lowest BCUT2D eigenvalue weighted by Gasteiger charge is -2.14. The third-order valence-electron chi connectivity index (χ3n) is 5.60. The van der Waals surface area contributed by atoms with Crippen molar-refractivity contribution in [2.45, 2.75) is 18.8 Å². The van der Waals surface area contributed by atoms with Crippen LogP contribution in [0, 0.1) is 0 Å². The molecular formula is C24H21N3O3. The number of rotatable bonds is 5. The molecule has 30 heavy (non-hydrogen) atoms. The Morgan fingerprint density at radius 2 is 1.90 bits per heavy atom. The highest BCUT2D eigenvalue weighted by molar-refractivity contribution is 5.99. The van der Waals surface area contributed by atoms with Crippen LogP contribution in [-0.4, -0.2) is 25.7 Å². The van der Waals surface area contributed by atoms with Crippen LogP contribution < -0.4 is 5.32 Å². The molecule has 4 aromatic rings. The Bertz CT molecular complexity index is 1270. The van der Waals surface area contributed by atoms with Gasteiger partial charge in [-0.15, -0.1) is 0 Å². The number of aromatic carboxylic acids is 1. The molecule has 1 aliphatic rings. The zero-order chi connectivity index (χ0) is 20.8. The number of carbonyl (C=O) groups is 1. The molecule has 6 nitrogen and oxygen atoms in total. The summed E-state index contributed by atoms with van der Waals surface area (Å²) in [5.74, 6) is -0.0143. The van der Waals surface area contributed by atoms with Gasteiger partial charge in [0.15, 0.2) is 0 Å². The number of nitrogens with one attached hydrogen (secondary N) is 1. The van der Waals surface area contributed by atoms with Crippen LogP contribution in [0.15, 0.2) is 60.9 Å². The van der Waals surface area contributed by atoms with Crippen molar-refractivity contribution in [3.8, 4) is 16.9 Å². The SMILES string of the molecule is Cn1ccc2cc(Nc3ncc(C4CC4)cc3C(=O)O)cc(-c3ccc(O)cc3)c21. The summed E-state index contributed by atoms with van der Waals surface area (Å²) in [4.78, 5) is 16.3. The maximum Gasteiger partial charge on any atom is 0.339 e. The molecule has 3 N–H and O–H groups in total. The van der Waals surface area contributed by atoms with E-state index in [9.17, 15) is 15.0 Å². The highest BCUT2D eigenvalue weighted by atomic mass is 16.4. The lowest BCUT2D eigenvalue weighted by molar-refractivity contribution is 0.0697. The monoisotopic (exact) mass is 399 g/mol. The largest absolute Gasteiger partial charge is 0.508 e. The van der Waals surface area contributed by atoms with Crippen molar-refractivity contribution in [1.82, 2.24) is 9.55 Å². The van der Waals surface area contributed by atoms with Gasteiger partial charge < -0.3 is 20.1 Å². The number of aryl methyl sites for hydroxylation is 1. The Balaban J connectivity index is 1.60. The van der Waals surface area contributed by atoms with Gasteiger partial charge in [0, 0.05) is 36.1 Å². The quantitative estimate of drug-likeness (QED) is 0.426. The van der Waals surface area contributed by atoms with Gasteiger partial charge in [0.2, 0.25) is 0 Å². The summed E-state index contributed by atoms with van der Waals surface area (Å²) in [6, 6.07) is 14.8. The van der Waals surface area contributed by atoms with E-state index in [1.165, 1.54) is 0 Å². The van der Waals surface area contributed by atoms with Crippen molar-refractivity contribution in [2.24, 2.45) is 7.05 Å². The molecule has 2 heterocycles. The summed E-state index contributed by atoms with van der Waals surface area (Å²) in [6.45, 7) is 0. The minimum Gasteiger partial charge on any atom is -0.508 e. The lowest BCUT2D eigenvalue weighted by atomic mass is 10.0. The van der Waals surface area contributed by atoms with Gasteiger partial charge in [0.25, 0.3) is 0 Å². The molecule has 0 atom stereocenters. The van der Waals surface area contributed by atoms with Crippen LogP contribution in [0.25, 0.3) is 22.0 Å². The van der Waals surface area contributed by atoms with Crippen LogP contribution in [0.4, 0.5) is 11.5 Å². The van der Waals surface area contributed by atoms with Crippen LogP contribution >= 0.6 is 0 Å². The van der Waals surface area contributed by atoms with Gasteiger partial charge in [-0.3, -0.25) is 0 Å². The van der Waals surface area contributed by atoms with Crippen LogP contribution in [-0.2, 0) is 7.05 Å². The summed E-state index contributed by atoms with van der Waals surface area (Å²) in [5.41, 5.74) is 4.92. The minimum absolute atomic E-state index is 0.179. The van der Waals surface area contributed by atoms with Crippen molar-refractivity contribution in [1.29, 1.82) is 0 Å². The zero-order valence-electron chi connectivity index (χ0n) is 16.5. The number of carboxylic acids is 1. The fourth-order valence-corrected chi connectivity index (χ4v) is 3.90. The van der Waals surface area contributed by atoms with Crippen LogP contribution in [0.2, 0.25) is 0 Å². The van der Waals surface area contributed by atoms with Gasteiger partial charge in [0.05, 0.1) is 5.52 Å². The van der Waals surface area contributed by atoms with Gasteiger partial charge in [-0.1, -0.05) is 12.1 Å². The van der Waals surface area contributed by atoms with E-state index < -0.39 is 5.97 Å². The molecule has 6 heteroatoms. The van der Waals surface area contributed by atoms with E-state index in [1.807, 2.05) is 48.1 Å². The summed E-state index contributed by atoms with van der Waals surface area (Å²) in [5, 5.41) is 23.6. The molecule has 5 rings (SSSR count). The van der Waals surface area contributed by atoms with Crippen molar-refractivity contribution in [3.05, 3.63) is 72.1 Å². The Morgan fingerprint density at radius 1 is 1.13 bits per heavy atom. The molecular weight excluding hydrogens is 378 g/mol. The molecule has 0 spiro atoms. The molecule has 1 fully saturated rings. The number of phenols is 1. The number of carboxylic acid groups (broad SMARTS) is 1. The maximum atomic E-state index is 11.8. The first-order valence-electron chi connectivity index (χ1n) is 9.88. The van der Waals surface area contributed by atoms with E-state index >= 15 is 0 Å². The molecule has 2 aromatic carbocycles. The Hall–Kier alpha value is -3.80. The fraction of sp³-hybridized carbons (Fsp3) is 0.167. The van der Waals surface area contributed by atoms with Gasteiger partial charge >= 0.3 is 5.97 Å². The number of anilines is 2. The Kier molecular flexibility index (Phi) is 4.20. The van der Waals surface area contributed by atoms with E-state index in [-0.39, 0.29) is 11.3 Å². The smallest absolute Gasteiger partial charge is 0.339 e. The molecule has 1 saturated carbocycles. The fourth-order valence-electron chi connectivity index (χ4n) is 3.90. The number of pyridine rings is 1. The number of nitrogens with zero attached hydrogens (tertiary/aromatic N) is 2. The molecule has 0 amide bonds. The van der Waals surface area contributed by atoms with E-state index in [2.05, 4.69) is 10.3 Å². The Labute approximate surface area is 173 Å². The predicted octanol–water partition coefficient (Wildman–Crippen LogP) is 5.27. The number of hydrogen-bond acceptors (Lipinski definition) is 4. The second kappa shape index (κ2) is 6.91. The number of benzene rings is 2. The summed E-state index contributed by atoms with van der Waals surface area (Å²) < 4.78 is 2.05. The summed E-state index contributed by atoms with van der Waals surface area (Å²) >= 11 is 0. The molecule has 0 aliphatic heterocycles. The number of aromatic nitrogens is 2. The second-order valence-electron chi connectivity index (χ2n) is 7.80. The van der Waals surface area contributed by atoms with Crippen molar-refractivity contribution >= 4 is 28.4 Å². The molecule has 0 bridgehead atoms. The number of hydrogen-bond donors (Lipinski definition) is 3. The normalized spacial score (nSPS) is 13.5. The lowest BCUT2D eigenvalue weighted by Crippen LogP contribution is -2.06. The molecule has 1 aliphatic carbocycles. The van der Waals surface area contributed by atoms with Crippen molar-refractivity contribution < 1.29 is 15.0 Å². The second-order valence-corrected chi connectivity index (χ2v) is 7.80. The van der Waals surface area contributed by atoms with Gasteiger partial charge in [-0.05, 0) is 66.3 Å². The first-order valence-corrected chi connectivity index (χ1v) is 9.88. The molecule has 2 aromatic heterocycles. The molecule has 150 valence electrons. The average Bonchev–Trinajstić information content (AvgIpc) is 3.52. The van der Waals surface area contributed by atoms with Gasteiger partial charge in [0.1, 0.15) is 17.1 Å². The number of fused-ring (bicyclic) bond motifs is 1. The van der Waals surface area contributed by atoms with Crippen LogP contribution in [0.5, 0.6) is 5.75 Å². The average molecular weight is 399 g/mol. The van der Waals surface area contributed by atoms with Crippen molar-refractivity contribution in [2.75, 3.05) is 5.32 Å². The molecule has 0 saturated heterocycles. The van der Waals surface area contributed by atoms with E-state index in [4.69, 9.17) is 0 Å². The summed E-state index contributed by atoms with van der Waals surface area (Å²) in [6.07, 6.45) is 5.94. The minimum atomic E-state index is -0.993. The highest BCUT2D eigenvalue weighted by Crippen LogP contribution is 2.41. The van der Waals surface area contributed by atoms with Crippen LogP contribution in [0.1, 0.15) is 34.7 Å². The van der Waals surface area contributed by atoms with E-state index in [0.29, 0.717) is 11.7 Å². The summed E-state index contributed by atoms with van der Waals surface area (Å²) in [7, 11) is 1.99. The highest BCUT2D eigenvalue weighted by Gasteiger charge is 2.26. The van der Waals surface area contributed by atoms with E-state index in [0.717, 1.165) is 46.1 Å². The van der Waals surface area contributed by atoms with Crippen molar-refractivity contribution in [3.63, 3.8) is 0 Å². The standard InChI is InChI=1S/C24H21N3O3/c1-27-9-8-16-10-18(12-20(22(16)27)15-4-6-19(28)7-5-15)26-23-21(24(29)30)11-17(13-25-23)14-2-3-14/h4-14,28H,2-3H2,1H3,(H,25,26)(H,29,30). The third-order valence-corrected chi connectivity index (χ3v) is 5.60. The Morgan fingerprint density at radius 3 is 2.60 bits per heavy atom. The molecule has 0 radical (unpaired) electrons. The number of aromatic hydroxyl groups is 1. The van der Waals surface area contributed by atoms with Gasteiger partial charge in [-0.2, -0.15) is 0 Å². The van der Waals surface area contributed by atoms with E-state index in [1.54, 1.807) is 24.4 Å². The molecule has 0 unspecified atom stereocenters. The first kappa shape index (κ1) is 18.2. The van der Waals surface area contributed by atoms with Gasteiger partial charge in [-0.25, -0.2) is 9.78 Å². The maximum absolute atomic E-state index is 11.8. The third kappa shape index (κ3) is 3.26. The first-order chi connectivity index (χ1) is 14.5.